The van der Waals surface area contributed by atoms with Crippen LogP contribution in [-0.2, 0) is 10.3 Å². The molecule has 118 valence electrons. The fourth-order valence-electron chi connectivity index (χ4n) is 3.56. The molecule has 2 heterocycles. The van der Waals surface area contributed by atoms with Gasteiger partial charge in [-0.05, 0) is 45.6 Å². The lowest BCUT2D eigenvalue weighted by Crippen LogP contribution is -2.37. The number of rotatable bonds is 5. The first-order chi connectivity index (χ1) is 10.2. The van der Waals surface area contributed by atoms with E-state index in [1.165, 1.54) is 19.3 Å². The van der Waals surface area contributed by atoms with Gasteiger partial charge in [0.1, 0.15) is 5.60 Å². The summed E-state index contributed by atoms with van der Waals surface area (Å²) < 4.78 is 11.4. The molecule has 2 fully saturated rings. The lowest BCUT2D eigenvalue weighted by molar-refractivity contribution is 0.00768. The van der Waals surface area contributed by atoms with Crippen LogP contribution in [-0.4, -0.2) is 29.3 Å². The van der Waals surface area contributed by atoms with Crippen LogP contribution in [0.1, 0.15) is 76.4 Å². The van der Waals surface area contributed by atoms with Crippen LogP contribution in [0.5, 0.6) is 0 Å². The first-order valence-corrected chi connectivity index (χ1v) is 8.44. The van der Waals surface area contributed by atoms with Crippen LogP contribution >= 0.6 is 0 Å². The second kappa shape index (κ2) is 6.44. The van der Waals surface area contributed by atoms with Crippen molar-refractivity contribution < 1.29 is 9.26 Å². The predicted molar refractivity (Wildman–Crippen MR) is 80.1 cm³/mol. The van der Waals surface area contributed by atoms with Gasteiger partial charge in [-0.25, -0.2) is 0 Å². The van der Waals surface area contributed by atoms with E-state index in [1.807, 2.05) is 0 Å². The topological polar surface area (TPSA) is 60.2 Å². The number of nitrogens with one attached hydrogen (secondary N) is 1. The molecule has 1 saturated carbocycles. The highest BCUT2D eigenvalue weighted by molar-refractivity contribution is 5.06. The molecule has 1 saturated heterocycles. The number of hydrogen-bond acceptors (Lipinski definition) is 5. The summed E-state index contributed by atoms with van der Waals surface area (Å²) in [6.07, 6.45) is 8.10. The monoisotopic (exact) mass is 293 g/mol. The summed E-state index contributed by atoms with van der Waals surface area (Å²) in [6.45, 7) is 6.13. The van der Waals surface area contributed by atoms with E-state index >= 15 is 0 Å². The molecule has 5 heteroatoms. The molecule has 0 spiro atoms. The van der Waals surface area contributed by atoms with Gasteiger partial charge in [0, 0.05) is 12.6 Å². The summed E-state index contributed by atoms with van der Waals surface area (Å²) >= 11 is 0. The van der Waals surface area contributed by atoms with Gasteiger partial charge >= 0.3 is 0 Å². The Bertz CT molecular complexity index is 454. The Morgan fingerprint density at radius 3 is 2.90 bits per heavy atom. The molecule has 21 heavy (non-hydrogen) atoms. The molecule has 0 bridgehead atoms. The van der Waals surface area contributed by atoms with Gasteiger partial charge in [-0.3, -0.25) is 0 Å². The Labute approximate surface area is 126 Å². The van der Waals surface area contributed by atoms with Crippen LogP contribution < -0.4 is 5.32 Å². The first kappa shape index (κ1) is 15.0. The van der Waals surface area contributed by atoms with Crippen LogP contribution in [0.4, 0.5) is 0 Å². The van der Waals surface area contributed by atoms with Crippen molar-refractivity contribution >= 4 is 0 Å². The maximum Gasteiger partial charge on any atom is 0.231 e. The van der Waals surface area contributed by atoms with Crippen LogP contribution in [0, 0.1) is 0 Å². The van der Waals surface area contributed by atoms with Gasteiger partial charge in [-0.2, -0.15) is 4.98 Å². The minimum atomic E-state index is -0.344. The molecule has 3 rings (SSSR count). The molecule has 3 atom stereocenters. The average molecular weight is 293 g/mol. The molecule has 1 aliphatic carbocycles. The molecule has 0 amide bonds. The lowest BCUT2D eigenvalue weighted by Gasteiger charge is -2.29. The smallest absolute Gasteiger partial charge is 0.231 e. The molecule has 2 aliphatic rings. The van der Waals surface area contributed by atoms with Crippen molar-refractivity contribution in [1.29, 1.82) is 0 Å². The highest BCUT2D eigenvalue weighted by Crippen LogP contribution is 2.37. The molecule has 1 aromatic rings. The van der Waals surface area contributed by atoms with E-state index in [0.29, 0.717) is 12.0 Å². The summed E-state index contributed by atoms with van der Waals surface area (Å²) in [4.78, 5) is 4.70. The molecule has 1 aliphatic heterocycles. The zero-order chi connectivity index (χ0) is 14.7. The minimum absolute atomic E-state index is 0.344. The van der Waals surface area contributed by atoms with Crippen LogP contribution in [0.3, 0.4) is 0 Å². The SMILES string of the molecule is CCCNC1CCCCC1c1nc(C2(C)CCCO2)no1. The third-order valence-corrected chi connectivity index (χ3v) is 4.87. The summed E-state index contributed by atoms with van der Waals surface area (Å²) in [5.74, 6) is 1.89. The zero-order valence-electron chi connectivity index (χ0n) is 13.2. The van der Waals surface area contributed by atoms with Gasteiger partial charge in [-0.15, -0.1) is 0 Å². The average Bonchev–Trinajstić information content (AvgIpc) is 3.15. The van der Waals surface area contributed by atoms with Gasteiger partial charge < -0.3 is 14.6 Å². The maximum atomic E-state index is 5.82. The number of ether oxygens (including phenoxy) is 1. The summed E-state index contributed by atoms with van der Waals surface area (Å²) in [7, 11) is 0. The van der Waals surface area contributed by atoms with E-state index < -0.39 is 0 Å². The third-order valence-electron chi connectivity index (χ3n) is 4.87. The predicted octanol–water partition coefficient (Wildman–Crippen LogP) is 3.12. The second-order valence-electron chi connectivity index (χ2n) is 6.59. The number of aromatic nitrogens is 2. The molecular weight excluding hydrogens is 266 g/mol. The summed E-state index contributed by atoms with van der Waals surface area (Å²) in [5, 5.41) is 7.87. The molecule has 1 N–H and O–H groups in total. The van der Waals surface area contributed by atoms with Gasteiger partial charge in [0.15, 0.2) is 0 Å². The van der Waals surface area contributed by atoms with Crippen LogP contribution in [0.15, 0.2) is 4.52 Å². The Morgan fingerprint density at radius 1 is 1.29 bits per heavy atom. The summed E-state index contributed by atoms with van der Waals surface area (Å²) in [5.41, 5.74) is -0.344. The maximum absolute atomic E-state index is 5.82. The number of nitrogens with zero attached hydrogens (tertiary/aromatic N) is 2. The third kappa shape index (κ3) is 3.14. The van der Waals surface area contributed by atoms with Crippen LogP contribution in [0.2, 0.25) is 0 Å². The number of hydrogen-bond donors (Lipinski definition) is 1. The molecule has 5 nitrogen and oxygen atoms in total. The van der Waals surface area contributed by atoms with Crippen molar-refractivity contribution in [3.8, 4) is 0 Å². The van der Waals surface area contributed by atoms with E-state index in [1.54, 1.807) is 0 Å². The zero-order valence-corrected chi connectivity index (χ0v) is 13.2. The van der Waals surface area contributed by atoms with E-state index in [-0.39, 0.29) is 5.60 Å². The van der Waals surface area contributed by atoms with E-state index in [0.717, 1.165) is 50.6 Å². The van der Waals surface area contributed by atoms with Gasteiger partial charge in [0.25, 0.3) is 0 Å². The Hall–Kier alpha value is -0.940. The van der Waals surface area contributed by atoms with Crippen molar-refractivity contribution in [2.45, 2.75) is 76.4 Å². The molecule has 1 aromatic heterocycles. The van der Waals surface area contributed by atoms with Crippen molar-refractivity contribution in [2.75, 3.05) is 13.2 Å². The Morgan fingerprint density at radius 2 is 2.14 bits per heavy atom. The van der Waals surface area contributed by atoms with Crippen molar-refractivity contribution in [2.24, 2.45) is 0 Å². The van der Waals surface area contributed by atoms with Crippen molar-refractivity contribution in [1.82, 2.24) is 15.5 Å². The van der Waals surface area contributed by atoms with Gasteiger partial charge in [-0.1, -0.05) is 24.9 Å². The normalized spacial score (nSPS) is 33.4. The highest BCUT2D eigenvalue weighted by atomic mass is 16.5. The lowest BCUT2D eigenvalue weighted by atomic mass is 9.84. The quantitative estimate of drug-likeness (QED) is 0.904. The fraction of sp³-hybridized carbons (Fsp3) is 0.875. The van der Waals surface area contributed by atoms with Crippen molar-refractivity contribution in [3.63, 3.8) is 0 Å². The van der Waals surface area contributed by atoms with Crippen molar-refractivity contribution in [3.05, 3.63) is 11.7 Å². The Balaban J connectivity index is 1.74. The minimum Gasteiger partial charge on any atom is -0.367 e. The fourth-order valence-corrected chi connectivity index (χ4v) is 3.56. The summed E-state index contributed by atoms with van der Waals surface area (Å²) in [6, 6.07) is 0.476. The standard InChI is InChI=1S/C16H27N3O2/c1-3-10-17-13-8-5-4-7-12(13)14-18-15(19-21-14)16(2)9-6-11-20-16/h12-13,17H,3-11H2,1-2H3. The molecule has 0 radical (unpaired) electrons. The molecule has 0 aromatic carbocycles. The molecule has 3 unspecified atom stereocenters. The molecular formula is C16H27N3O2. The van der Waals surface area contributed by atoms with E-state index in [9.17, 15) is 0 Å². The first-order valence-electron chi connectivity index (χ1n) is 8.44. The Kier molecular flexibility index (Phi) is 4.60. The van der Waals surface area contributed by atoms with Gasteiger partial charge in [0.2, 0.25) is 11.7 Å². The van der Waals surface area contributed by atoms with E-state index in [4.69, 9.17) is 14.2 Å². The largest absolute Gasteiger partial charge is 0.367 e. The van der Waals surface area contributed by atoms with Crippen LogP contribution in [0.25, 0.3) is 0 Å². The second-order valence-corrected chi connectivity index (χ2v) is 6.59. The van der Waals surface area contributed by atoms with Gasteiger partial charge in [0.05, 0.1) is 5.92 Å². The highest BCUT2D eigenvalue weighted by Gasteiger charge is 2.38. The van der Waals surface area contributed by atoms with E-state index in [2.05, 4.69) is 24.3 Å².